The molecule has 0 saturated carbocycles. The van der Waals surface area contributed by atoms with Gasteiger partial charge in [-0.2, -0.15) is 0 Å². The van der Waals surface area contributed by atoms with Gasteiger partial charge in [-0.15, -0.1) is 11.3 Å². The van der Waals surface area contributed by atoms with Gasteiger partial charge in [0.2, 0.25) is 5.91 Å². The highest BCUT2D eigenvalue weighted by atomic mass is 32.1. The Morgan fingerprint density at radius 2 is 2.00 bits per heavy atom. The van der Waals surface area contributed by atoms with E-state index >= 15 is 0 Å². The number of aromatic nitrogens is 1. The van der Waals surface area contributed by atoms with E-state index in [0.29, 0.717) is 6.42 Å². The average Bonchev–Trinajstić information content (AvgIpc) is 2.97. The van der Waals surface area contributed by atoms with Crippen molar-refractivity contribution in [2.75, 3.05) is 13.2 Å². The summed E-state index contributed by atoms with van der Waals surface area (Å²) in [5.41, 5.74) is 5.88. The van der Waals surface area contributed by atoms with Gasteiger partial charge in [0.05, 0.1) is 21.8 Å². The molecular formula is C16H19N3O4S. The predicted molar refractivity (Wildman–Crippen MR) is 90.3 cm³/mol. The lowest BCUT2D eigenvalue weighted by Gasteiger charge is -2.05. The molecule has 0 radical (unpaired) electrons. The smallest absolute Gasteiger partial charge is 0.306 e. The first kappa shape index (κ1) is 17.9. The van der Waals surface area contributed by atoms with E-state index in [9.17, 15) is 14.4 Å². The number of nitrogens with one attached hydrogen (secondary N) is 1. The minimum absolute atomic E-state index is 0.244. The van der Waals surface area contributed by atoms with E-state index in [0.717, 1.165) is 28.1 Å². The predicted octanol–water partition coefficient (Wildman–Crippen LogP) is 1.15. The number of hydrogen-bond donors (Lipinski definition) is 2. The van der Waals surface area contributed by atoms with Gasteiger partial charge < -0.3 is 15.8 Å². The number of ether oxygens (including phenoxy) is 1. The number of unbranched alkanes of at least 4 members (excludes halogenated alkanes) is 1. The normalized spacial score (nSPS) is 10.5. The summed E-state index contributed by atoms with van der Waals surface area (Å²) in [4.78, 5) is 37.8. The molecule has 0 atom stereocenters. The van der Waals surface area contributed by atoms with Crippen molar-refractivity contribution in [3.8, 4) is 0 Å². The SMILES string of the molecule is NC(=O)CNC(=O)COC(=O)CCCCc1nc2ccccc2s1. The maximum absolute atomic E-state index is 11.5. The Morgan fingerprint density at radius 3 is 2.75 bits per heavy atom. The molecule has 0 saturated heterocycles. The van der Waals surface area contributed by atoms with Gasteiger partial charge >= 0.3 is 5.97 Å². The minimum atomic E-state index is -0.649. The molecule has 128 valence electrons. The molecule has 8 heteroatoms. The molecule has 1 heterocycles. The average molecular weight is 349 g/mol. The van der Waals surface area contributed by atoms with Crippen LogP contribution in [0.1, 0.15) is 24.3 Å². The third-order valence-corrected chi connectivity index (χ3v) is 4.28. The molecule has 1 aromatic heterocycles. The number of rotatable bonds is 9. The monoisotopic (exact) mass is 349 g/mol. The highest BCUT2D eigenvalue weighted by Gasteiger charge is 2.09. The number of benzene rings is 1. The van der Waals surface area contributed by atoms with Crippen molar-refractivity contribution in [2.24, 2.45) is 5.73 Å². The summed E-state index contributed by atoms with van der Waals surface area (Å²) in [6, 6.07) is 7.97. The largest absolute Gasteiger partial charge is 0.456 e. The van der Waals surface area contributed by atoms with Crippen LogP contribution in [0, 0.1) is 0 Å². The van der Waals surface area contributed by atoms with E-state index in [-0.39, 0.29) is 13.0 Å². The molecule has 0 bridgehead atoms. The summed E-state index contributed by atoms with van der Waals surface area (Å²) < 4.78 is 5.98. The number of primary amides is 1. The maximum Gasteiger partial charge on any atom is 0.306 e. The van der Waals surface area contributed by atoms with Crippen molar-refractivity contribution in [1.82, 2.24) is 10.3 Å². The third kappa shape index (κ3) is 5.96. The van der Waals surface area contributed by atoms with Gasteiger partial charge in [-0.1, -0.05) is 12.1 Å². The number of carbonyl (C=O) groups excluding carboxylic acids is 3. The second-order valence-corrected chi connectivity index (χ2v) is 6.30. The number of carbonyl (C=O) groups is 3. The Kier molecular flexibility index (Phi) is 6.68. The van der Waals surface area contributed by atoms with E-state index in [1.807, 2.05) is 24.3 Å². The Hall–Kier alpha value is -2.48. The zero-order valence-electron chi connectivity index (χ0n) is 13.1. The molecule has 0 spiro atoms. The molecule has 7 nitrogen and oxygen atoms in total. The quantitative estimate of drug-likeness (QED) is 0.521. The number of amides is 2. The zero-order chi connectivity index (χ0) is 17.4. The van der Waals surface area contributed by atoms with Crippen LogP contribution >= 0.6 is 11.3 Å². The van der Waals surface area contributed by atoms with Crippen LogP contribution in [0.25, 0.3) is 10.2 Å². The first-order chi connectivity index (χ1) is 11.5. The maximum atomic E-state index is 11.5. The molecular weight excluding hydrogens is 330 g/mol. The van der Waals surface area contributed by atoms with Crippen molar-refractivity contribution in [1.29, 1.82) is 0 Å². The van der Waals surface area contributed by atoms with Gasteiger partial charge in [0, 0.05) is 6.42 Å². The van der Waals surface area contributed by atoms with Crippen LogP contribution in [-0.2, 0) is 25.5 Å². The van der Waals surface area contributed by atoms with Crippen LogP contribution in [0.3, 0.4) is 0 Å². The van der Waals surface area contributed by atoms with E-state index in [4.69, 9.17) is 10.5 Å². The van der Waals surface area contributed by atoms with E-state index in [2.05, 4.69) is 10.3 Å². The molecule has 0 unspecified atom stereocenters. The fraction of sp³-hybridized carbons (Fsp3) is 0.375. The molecule has 3 N–H and O–H groups in total. The van der Waals surface area contributed by atoms with Gasteiger partial charge in [0.1, 0.15) is 0 Å². The van der Waals surface area contributed by atoms with E-state index in [1.54, 1.807) is 11.3 Å². The van der Waals surface area contributed by atoms with Gasteiger partial charge in [0.25, 0.3) is 5.91 Å². The Bertz CT molecular complexity index is 696. The molecule has 2 aromatic rings. The van der Waals surface area contributed by atoms with Crippen molar-refractivity contribution >= 4 is 39.3 Å². The molecule has 0 aliphatic carbocycles. The number of thiazole rings is 1. The number of nitrogens with zero attached hydrogens (tertiary/aromatic N) is 1. The topological polar surface area (TPSA) is 111 Å². The lowest BCUT2D eigenvalue weighted by molar-refractivity contribution is -0.148. The molecule has 2 rings (SSSR count). The first-order valence-electron chi connectivity index (χ1n) is 7.59. The van der Waals surface area contributed by atoms with Crippen LogP contribution in [0.4, 0.5) is 0 Å². The van der Waals surface area contributed by atoms with Gasteiger partial charge in [-0.3, -0.25) is 14.4 Å². The fourth-order valence-electron chi connectivity index (χ4n) is 2.03. The summed E-state index contributed by atoms with van der Waals surface area (Å²) in [5.74, 6) is -1.63. The Balaban J connectivity index is 1.60. The highest BCUT2D eigenvalue weighted by Crippen LogP contribution is 2.22. The number of esters is 1. The van der Waals surface area contributed by atoms with Crippen LogP contribution in [0.2, 0.25) is 0 Å². The Labute approximate surface area is 143 Å². The number of fused-ring (bicyclic) bond motifs is 1. The molecule has 0 aliphatic rings. The molecule has 24 heavy (non-hydrogen) atoms. The summed E-state index contributed by atoms with van der Waals surface area (Å²) in [7, 11) is 0. The zero-order valence-corrected chi connectivity index (χ0v) is 13.9. The van der Waals surface area contributed by atoms with Crippen molar-refractivity contribution in [3.63, 3.8) is 0 Å². The number of nitrogens with two attached hydrogens (primary N) is 1. The van der Waals surface area contributed by atoms with Crippen molar-refractivity contribution in [2.45, 2.75) is 25.7 Å². The van der Waals surface area contributed by atoms with Gasteiger partial charge in [0.15, 0.2) is 6.61 Å². The number of para-hydroxylation sites is 1. The van der Waals surface area contributed by atoms with Crippen LogP contribution in [0.5, 0.6) is 0 Å². The van der Waals surface area contributed by atoms with E-state index < -0.39 is 24.4 Å². The second-order valence-electron chi connectivity index (χ2n) is 5.19. The van der Waals surface area contributed by atoms with Crippen LogP contribution in [-0.4, -0.2) is 35.9 Å². The lowest BCUT2D eigenvalue weighted by Crippen LogP contribution is -2.35. The summed E-state index contributed by atoms with van der Waals surface area (Å²) in [5, 5.41) is 3.29. The standard InChI is InChI=1S/C16H19N3O4S/c17-13(20)9-18-14(21)10-23-16(22)8-4-3-7-15-19-11-5-1-2-6-12(11)24-15/h1-2,5-6H,3-4,7-10H2,(H2,17,20)(H,18,21). The summed E-state index contributed by atoms with van der Waals surface area (Å²) >= 11 is 1.66. The first-order valence-corrected chi connectivity index (χ1v) is 8.41. The molecule has 0 aliphatic heterocycles. The van der Waals surface area contributed by atoms with Crippen LogP contribution < -0.4 is 11.1 Å². The third-order valence-electron chi connectivity index (χ3n) is 3.18. The lowest BCUT2D eigenvalue weighted by atomic mass is 10.2. The van der Waals surface area contributed by atoms with E-state index in [1.165, 1.54) is 0 Å². The van der Waals surface area contributed by atoms with Gasteiger partial charge in [-0.25, -0.2) is 4.98 Å². The summed E-state index contributed by atoms with van der Waals surface area (Å²) in [6.07, 6.45) is 2.54. The van der Waals surface area contributed by atoms with Crippen LogP contribution in [0.15, 0.2) is 24.3 Å². The molecule has 1 aromatic carbocycles. The number of aryl methyl sites for hydroxylation is 1. The van der Waals surface area contributed by atoms with Gasteiger partial charge in [-0.05, 0) is 31.4 Å². The van der Waals surface area contributed by atoms with Crippen molar-refractivity contribution < 1.29 is 19.1 Å². The number of hydrogen-bond acceptors (Lipinski definition) is 6. The van der Waals surface area contributed by atoms with Crippen molar-refractivity contribution in [3.05, 3.63) is 29.3 Å². The summed E-state index contributed by atoms with van der Waals surface area (Å²) in [6.45, 7) is -0.664. The minimum Gasteiger partial charge on any atom is -0.456 e. The Morgan fingerprint density at radius 1 is 1.21 bits per heavy atom. The highest BCUT2D eigenvalue weighted by molar-refractivity contribution is 7.18. The molecule has 2 amide bonds. The second kappa shape index (κ2) is 8.97. The fourth-order valence-corrected chi connectivity index (χ4v) is 3.04. The molecule has 0 fully saturated rings.